The number of carbonyl (C=O) groups is 1. The Morgan fingerprint density at radius 2 is 1.35 bits per heavy atom. The Morgan fingerprint density at radius 1 is 1.00 bits per heavy atom. The third kappa shape index (κ3) is 11.8. The van der Waals surface area contributed by atoms with E-state index in [9.17, 15) is 4.79 Å². The minimum atomic E-state index is -5.25. The molecule has 11 heteroatoms. The van der Waals surface area contributed by atoms with Crippen molar-refractivity contribution in [1.29, 1.82) is 0 Å². The molecule has 0 amide bonds. The van der Waals surface area contributed by atoms with Crippen molar-refractivity contribution < 1.29 is 46.4 Å². The summed E-state index contributed by atoms with van der Waals surface area (Å²) in [6.45, 7) is -0.760. The second kappa shape index (κ2) is 8.58. The van der Waals surface area contributed by atoms with E-state index in [1.54, 1.807) is 0 Å². The van der Waals surface area contributed by atoms with E-state index < -0.39 is 44.4 Å². The molecule has 0 aliphatic rings. The molecular formula is C6H14O10Se. The normalized spacial score (nSPS) is 18.3. The standard InChI is InChI=1S/C6H12O6.H2O4Se/c7-1-3(9)5(11)6(12)4(10)2-8;1-5(2,3)4/h1,3-6,8-12H,2H2;(H2,1,2,3,4)/t3-,4+,5+,6+;/m0./s1. The van der Waals surface area contributed by atoms with Crippen molar-refractivity contribution in [3.05, 3.63) is 0 Å². The van der Waals surface area contributed by atoms with Crippen molar-refractivity contribution in [3.8, 4) is 0 Å². The fourth-order valence-corrected chi connectivity index (χ4v) is 0.618. The third-order valence-electron chi connectivity index (χ3n) is 1.42. The molecule has 0 aliphatic carbocycles. The Morgan fingerprint density at radius 3 is 1.59 bits per heavy atom. The molecule has 0 radical (unpaired) electrons. The molecule has 0 heterocycles. The summed E-state index contributed by atoms with van der Waals surface area (Å²) in [5, 5.41) is 43.5. The summed E-state index contributed by atoms with van der Waals surface area (Å²) in [6, 6.07) is 0. The summed E-state index contributed by atoms with van der Waals surface area (Å²) in [7, 11) is 0. The molecule has 10 nitrogen and oxygen atoms in total. The van der Waals surface area contributed by atoms with Crippen LogP contribution in [0.5, 0.6) is 0 Å². The Kier molecular flexibility index (Phi) is 9.52. The first-order valence-corrected chi connectivity index (χ1v) is 6.96. The van der Waals surface area contributed by atoms with Crippen LogP contribution in [0.3, 0.4) is 0 Å². The molecule has 104 valence electrons. The molecule has 7 N–H and O–H groups in total. The van der Waals surface area contributed by atoms with Crippen LogP contribution in [0.25, 0.3) is 0 Å². The van der Waals surface area contributed by atoms with E-state index in [2.05, 4.69) is 0 Å². The molecular weight excluding hydrogens is 311 g/mol. The van der Waals surface area contributed by atoms with Crippen LogP contribution in [-0.2, 0) is 12.5 Å². The van der Waals surface area contributed by atoms with Crippen LogP contribution in [0.2, 0.25) is 0 Å². The summed E-state index contributed by atoms with van der Waals surface area (Å²) >= 11 is -5.25. The van der Waals surface area contributed by atoms with Crippen LogP contribution < -0.4 is 0 Å². The van der Waals surface area contributed by atoms with Crippen LogP contribution in [-0.4, -0.2) is 84.6 Å². The molecule has 17 heavy (non-hydrogen) atoms. The average Bonchev–Trinajstić information content (AvgIpc) is 2.22. The molecule has 0 aromatic rings. The zero-order valence-corrected chi connectivity index (χ0v) is 10.1. The molecule has 0 unspecified atom stereocenters. The monoisotopic (exact) mass is 326 g/mol. The number of hydrogen-bond acceptors (Lipinski definition) is 8. The van der Waals surface area contributed by atoms with Gasteiger partial charge in [-0.1, -0.05) is 0 Å². The molecule has 0 aromatic carbocycles. The summed E-state index contributed by atoms with van der Waals surface area (Å²) < 4.78 is 31.9. The number of aldehydes is 1. The number of aliphatic hydroxyl groups is 5. The van der Waals surface area contributed by atoms with Crippen LogP contribution in [0.4, 0.5) is 0 Å². The molecule has 0 saturated carbocycles. The van der Waals surface area contributed by atoms with Gasteiger partial charge >= 0.3 is 29.4 Å². The van der Waals surface area contributed by atoms with Gasteiger partial charge < -0.3 is 30.3 Å². The molecule has 0 bridgehead atoms. The topological polar surface area (TPSA) is 193 Å². The molecule has 0 aromatic heterocycles. The van der Waals surface area contributed by atoms with Crippen LogP contribution in [0.15, 0.2) is 0 Å². The molecule has 4 atom stereocenters. The van der Waals surface area contributed by atoms with Crippen molar-refractivity contribution in [1.82, 2.24) is 0 Å². The van der Waals surface area contributed by atoms with E-state index >= 15 is 0 Å². The summed E-state index contributed by atoms with van der Waals surface area (Å²) in [4.78, 5) is 9.90. The van der Waals surface area contributed by atoms with Gasteiger partial charge in [0.1, 0.15) is 24.4 Å². The number of aliphatic hydroxyl groups excluding tert-OH is 5. The van der Waals surface area contributed by atoms with Gasteiger partial charge in [-0.3, -0.25) is 0 Å². The maximum atomic E-state index is 9.90. The first-order chi connectivity index (χ1) is 7.54. The Balaban J connectivity index is 0. The van der Waals surface area contributed by atoms with E-state index in [1.807, 2.05) is 0 Å². The van der Waals surface area contributed by atoms with Crippen LogP contribution in [0, 0.1) is 0 Å². The van der Waals surface area contributed by atoms with Crippen molar-refractivity contribution >= 4 is 19.7 Å². The SMILES string of the molecule is O=C[C@H](O)[C@@H](O)[C@H](O)[C@H](O)CO.O=[Se](=O)(O)O. The summed E-state index contributed by atoms with van der Waals surface area (Å²) in [5.41, 5.74) is 0. The Bertz CT molecular complexity index is 292. The van der Waals surface area contributed by atoms with Gasteiger partial charge in [0.05, 0.1) is 6.61 Å². The second-order valence-corrected chi connectivity index (χ2v) is 4.68. The predicted octanol–water partition coefficient (Wildman–Crippen LogP) is -5.11. The van der Waals surface area contributed by atoms with Gasteiger partial charge in [0.15, 0.2) is 6.29 Å². The van der Waals surface area contributed by atoms with Crippen LogP contribution in [0.1, 0.15) is 0 Å². The minimum absolute atomic E-state index is 0.0258. The van der Waals surface area contributed by atoms with Gasteiger partial charge in [-0.15, -0.1) is 0 Å². The van der Waals surface area contributed by atoms with Crippen molar-refractivity contribution in [2.75, 3.05) is 6.61 Å². The van der Waals surface area contributed by atoms with Gasteiger partial charge in [0.2, 0.25) is 0 Å². The molecule has 0 fully saturated rings. The number of hydrogen-bond donors (Lipinski definition) is 7. The summed E-state index contributed by atoms with van der Waals surface area (Å²) in [6.07, 6.45) is -6.84. The van der Waals surface area contributed by atoms with Gasteiger partial charge in [0.25, 0.3) is 0 Å². The van der Waals surface area contributed by atoms with Crippen molar-refractivity contribution in [2.24, 2.45) is 0 Å². The van der Waals surface area contributed by atoms with E-state index in [0.29, 0.717) is 0 Å². The first-order valence-electron chi connectivity index (χ1n) is 4.02. The predicted molar refractivity (Wildman–Crippen MR) is 48.7 cm³/mol. The van der Waals surface area contributed by atoms with Crippen molar-refractivity contribution in [2.45, 2.75) is 24.4 Å². The molecule has 0 spiro atoms. The number of rotatable bonds is 5. The summed E-state index contributed by atoms with van der Waals surface area (Å²) in [5.74, 6) is 0. The van der Waals surface area contributed by atoms with Gasteiger partial charge in [0, 0.05) is 0 Å². The zero-order valence-electron chi connectivity index (χ0n) is 8.36. The fourth-order valence-electron chi connectivity index (χ4n) is 0.618. The second-order valence-electron chi connectivity index (χ2n) is 2.81. The van der Waals surface area contributed by atoms with Gasteiger partial charge in [-0.05, 0) is 0 Å². The van der Waals surface area contributed by atoms with E-state index in [-0.39, 0.29) is 6.29 Å². The third-order valence-corrected chi connectivity index (χ3v) is 1.42. The number of carbonyl (C=O) groups excluding carboxylic acids is 1. The Hall–Kier alpha value is -0.491. The quantitative estimate of drug-likeness (QED) is 0.190. The maximum absolute atomic E-state index is 9.90. The molecule has 0 rings (SSSR count). The van der Waals surface area contributed by atoms with Gasteiger partial charge in [-0.25, -0.2) is 0 Å². The first kappa shape index (κ1) is 18.9. The van der Waals surface area contributed by atoms with E-state index in [1.165, 1.54) is 0 Å². The molecule has 0 saturated heterocycles. The van der Waals surface area contributed by atoms with E-state index in [0.717, 1.165) is 0 Å². The Labute approximate surface area is 97.7 Å². The molecule has 0 aliphatic heterocycles. The van der Waals surface area contributed by atoms with Crippen molar-refractivity contribution in [3.63, 3.8) is 0 Å². The fraction of sp³-hybridized carbons (Fsp3) is 0.833. The van der Waals surface area contributed by atoms with E-state index in [4.69, 9.17) is 41.6 Å². The van der Waals surface area contributed by atoms with Gasteiger partial charge in [-0.2, -0.15) is 0 Å². The average molecular weight is 325 g/mol. The van der Waals surface area contributed by atoms with Crippen LogP contribution >= 0.6 is 0 Å². The zero-order chi connectivity index (χ0) is 14.2.